The van der Waals surface area contributed by atoms with Crippen LogP contribution in [0.4, 0.5) is 11.4 Å². The molecule has 2 aromatic rings. The Bertz CT molecular complexity index is 628. The molecule has 0 saturated carbocycles. The first-order valence-corrected chi connectivity index (χ1v) is 5.82. The summed E-state index contributed by atoms with van der Waals surface area (Å²) in [5.74, 6) is 0.178. The van der Waals surface area contributed by atoms with Crippen molar-refractivity contribution < 1.29 is 19.4 Å². The molecule has 0 aliphatic heterocycles. The van der Waals surface area contributed by atoms with E-state index in [1.807, 2.05) is 0 Å². The Labute approximate surface area is 116 Å². The number of carboxylic acids is 1. The smallest absolute Gasteiger partial charge is 0.337 e. The molecule has 0 fully saturated rings. The molecule has 2 N–H and O–H groups in total. The molecule has 0 aliphatic carbocycles. The molecule has 104 valence electrons. The summed E-state index contributed by atoms with van der Waals surface area (Å²) in [5, 5.41) is 12.1. The predicted octanol–water partition coefficient (Wildman–Crippen LogP) is 2.54. The lowest BCUT2D eigenvalue weighted by Gasteiger charge is -2.13. The standard InChI is InChI=1S/C14H14N2O4/c1-19-9-3-4-13(20-2)11(7-9)16-12-8-15-6-5-10(12)14(17)18/h3-8,16H,1-2H3,(H,17,18). The molecule has 0 spiro atoms. The topological polar surface area (TPSA) is 80.7 Å². The first kappa shape index (κ1) is 13.7. The largest absolute Gasteiger partial charge is 0.497 e. The highest BCUT2D eigenvalue weighted by Crippen LogP contribution is 2.32. The van der Waals surface area contributed by atoms with Crippen LogP contribution in [0.5, 0.6) is 11.5 Å². The van der Waals surface area contributed by atoms with Crippen molar-refractivity contribution in [2.24, 2.45) is 0 Å². The van der Waals surface area contributed by atoms with Crippen LogP contribution in [0.2, 0.25) is 0 Å². The number of hydrogen-bond donors (Lipinski definition) is 2. The van der Waals surface area contributed by atoms with Gasteiger partial charge in [0.05, 0.1) is 37.4 Å². The van der Waals surface area contributed by atoms with Gasteiger partial charge in [-0.3, -0.25) is 4.98 Å². The van der Waals surface area contributed by atoms with Gasteiger partial charge in [0, 0.05) is 12.3 Å². The Hall–Kier alpha value is -2.76. The number of carboxylic acid groups (broad SMARTS) is 1. The molecule has 1 aromatic heterocycles. The summed E-state index contributed by atoms with van der Waals surface area (Å²) in [5.41, 5.74) is 1.11. The van der Waals surface area contributed by atoms with Crippen LogP contribution in [-0.2, 0) is 0 Å². The Morgan fingerprint density at radius 2 is 2.00 bits per heavy atom. The molecule has 0 unspecified atom stereocenters. The SMILES string of the molecule is COc1ccc(OC)c(Nc2cnccc2C(=O)O)c1. The van der Waals surface area contributed by atoms with Gasteiger partial charge in [-0.2, -0.15) is 0 Å². The van der Waals surface area contributed by atoms with Gasteiger partial charge < -0.3 is 19.9 Å². The van der Waals surface area contributed by atoms with Gasteiger partial charge in [-0.15, -0.1) is 0 Å². The number of benzene rings is 1. The molecule has 6 heteroatoms. The van der Waals surface area contributed by atoms with Crippen molar-refractivity contribution in [1.29, 1.82) is 0 Å². The van der Waals surface area contributed by atoms with E-state index in [0.29, 0.717) is 22.9 Å². The van der Waals surface area contributed by atoms with Crippen LogP contribution >= 0.6 is 0 Å². The molecule has 20 heavy (non-hydrogen) atoms. The van der Waals surface area contributed by atoms with Crippen LogP contribution in [-0.4, -0.2) is 30.3 Å². The zero-order valence-corrected chi connectivity index (χ0v) is 11.1. The number of hydrogen-bond acceptors (Lipinski definition) is 5. The molecule has 0 radical (unpaired) electrons. The van der Waals surface area contributed by atoms with Gasteiger partial charge in [0.25, 0.3) is 0 Å². The minimum absolute atomic E-state index is 0.130. The Morgan fingerprint density at radius 3 is 2.65 bits per heavy atom. The number of aromatic nitrogens is 1. The van der Waals surface area contributed by atoms with Crippen molar-refractivity contribution in [3.05, 3.63) is 42.2 Å². The normalized spacial score (nSPS) is 9.90. The lowest BCUT2D eigenvalue weighted by molar-refractivity contribution is 0.0698. The van der Waals surface area contributed by atoms with Crippen LogP contribution in [0.3, 0.4) is 0 Å². The summed E-state index contributed by atoms with van der Waals surface area (Å²) in [6.07, 6.45) is 2.87. The highest BCUT2D eigenvalue weighted by molar-refractivity contribution is 5.95. The minimum atomic E-state index is -1.03. The number of aromatic carboxylic acids is 1. The molecule has 2 rings (SSSR count). The van der Waals surface area contributed by atoms with Gasteiger partial charge in [-0.1, -0.05) is 0 Å². The van der Waals surface area contributed by atoms with Gasteiger partial charge >= 0.3 is 5.97 Å². The monoisotopic (exact) mass is 274 g/mol. The van der Waals surface area contributed by atoms with E-state index >= 15 is 0 Å². The summed E-state index contributed by atoms with van der Waals surface area (Å²) in [6, 6.07) is 6.64. The van der Waals surface area contributed by atoms with E-state index in [-0.39, 0.29) is 5.56 Å². The molecule has 0 aliphatic rings. The molecule has 1 heterocycles. The molecule has 0 atom stereocenters. The minimum Gasteiger partial charge on any atom is -0.497 e. The van der Waals surface area contributed by atoms with Crippen LogP contribution in [0.25, 0.3) is 0 Å². The van der Waals surface area contributed by atoms with Crippen molar-refractivity contribution in [3.8, 4) is 11.5 Å². The second kappa shape index (κ2) is 5.92. The average Bonchev–Trinajstić information content (AvgIpc) is 2.47. The first-order valence-electron chi connectivity index (χ1n) is 5.82. The third kappa shape index (κ3) is 2.80. The van der Waals surface area contributed by atoms with Gasteiger partial charge in [0.15, 0.2) is 0 Å². The highest BCUT2D eigenvalue weighted by Gasteiger charge is 2.12. The van der Waals surface area contributed by atoms with Crippen LogP contribution in [0.1, 0.15) is 10.4 Å². The van der Waals surface area contributed by atoms with Crippen molar-refractivity contribution in [1.82, 2.24) is 4.98 Å². The number of rotatable bonds is 5. The summed E-state index contributed by atoms with van der Waals surface area (Å²) in [6.45, 7) is 0. The Balaban J connectivity index is 2.41. The van der Waals surface area contributed by atoms with Crippen LogP contribution in [0, 0.1) is 0 Å². The molecule has 1 aromatic carbocycles. The molecular weight excluding hydrogens is 260 g/mol. The Morgan fingerprint density at radius 1 is 1.20 bits per heavy atom. The zero-order chi connectivity index (χ0) is 14.5. The van der Waals surface area contributed by atoms with Crippen molar-refractivity contribution >= 4 is 17.3 Å². The maximum absolute atomic E-state index is 11.2. The van der Waals surface area contributed by atoms with Crippen molar-refractivity contribution in [2.45, 2.75) is 0 Å². The fourth-order valence-corrected chi connectivity index (χ4v) is 1.74. The summed E-state index contributed by atoms with van der Waals surface area (Å²) in [4.78, 5) is 15.1. The molecule has 0 amide bonds. The number of methoxy groups -OCH3 is 2. The van der Waals surface area contributed by atoms with Crippen LogP contribution in [0.15, 0.2) is 36.7 Å². The summed E-state index contributed by atoms with van der Waals surface area (Å²) in [7, 11) is 3.09. The maximum atomic E-state index is 11.2. The summed E-state index contributed by atoms with van der Waals surface area (Å²) >= 11 is 0. The average molecular weight is 274 g/mol. The number of ether oxygens (including phenoxy) is 2. The zero-order valence-electron chi connectivity index (χ0n) is 11.1. The number of nitrogens with one attached hydrogen (secondary N) is 1. The van der Waals surface area contributed by atoms with Crippen LogP contribution < -0.4 is 14.8 Å². The van der Waals surface area contributed by atoms with Gasteiger partial charge in [-0.05, 0) is 18.2 Å². The summed E-state index contributed by atoms with van der Waals surface area (Å²) < 4.78 is 10.4. The van der Waals surface area contributed by atoms with Crippen molar-refractivity contribution in [2.75, 3.05) is 19.5 Å². The van der Waals surface area contributed by atoms with E-state index in [9.17, 15) is 4.79 Å². The lowest BCUT2D eigenvalue weighted by Crippen LogP contribution is -2.04. The predicted molar refractivity (Wildman–Crippen MR) is 74.0 cm³/mol. The van der Waals surface area contributed by atoms with Gasteiger partial charge in [0.2, 0.25) is 0 Å². The second-order valence-electron chi connectivity index (χ2n) is 3.92. The first-order chi connectivity index (χ1) is 9.65. The fraction of sp³-hybridized carbons (Fsp3) is 0.143. The quantitative estimate of drug-likeness (QED) is 0.872. The van der Waals surface area contributed by atoms with Crippen molar-refractivity contribution in [3.63, 3.8) is 0 Å². The van der Waals surface area contributed by atoms with E-state index in [0.717, 1.165) is 0 Å². The van der Waals surface area contributed by atoms with E-state index in [1.165, 1.54) is 25.6 Å². The molecule has 0 bridgehead atoms. The van der Waals surface area contributed by atoms with E-state index < -0.39 is 5.97 Å². The highest BCUT2D eigenvalue weighted by atomic mass is 16.5. The molecule has 6 nitrogen and oxygen atoms in total. The lowest BCUT2D eigenvalue weighted by atomic mass is 10.2. The van der Waals surface area contributed by atoms with Gasteiger partial charge in [-0.25, -0.2) is 4.79 Å². The molecular formula is C14H14N2O4. The Kier molecular flexibility index (Phi) is 4.05. The van der Waals surface area contributed by atoms with Gasteiger partial charge in [0.1, 0.15) is 11.5 Å². The van der Waals surface area contributed by atoms with E-state index in [2.05, 4.69) is 10.3 Å². The second-order valence-corrected chi connectivity index (χ2v) is 3.92. The van der Waals surface area contributed by atoms with E-state index in [1.54, 1.807) is 25.3 Å². The molecule has 0 saturated heterocycles. The van der Waals surface area contributed by atoms with E-state index in [4.69, 9.17) is 14.6 Å². The number of anilines is 2. The number of pyridine rings is 1. The third-order valence-corrected chi connectivity index (χ3v) is 2.73. The number of carbonyl (C=O) groups is 1. The fourth-order valence-electron chi connectivity index (χ4n) is 1.74. The number of nitrogens with zero attached hydrogens (tertiary/aromatic N) is 1. The maximum Gasteiger partial charge on any atom is 0.337 e. The third-order valence-electron chi connectivity index (χ3n) is 2.73.